The van der Waals surface area contributed by atoms with Crippen LogP contribution in [0.2, 0.25) is 0 Å². The SMILES string of the molecule is CC(C)(C)OC(=O)c1c[nH]c2cccc(CCCO)c12. The van der Waals surface area contributed by atoms with Crippen molar-refractivity contribution < 1.29 is 14.6 Å². The molecule has 1 aromatic carbocycles. The lowest BCUT2D eigenvalue weighted by molar-refractivity contribution is 0.00718. The van der Waals surface area contributed by atoms with Gasteiger partial charge in [-0.25, -0.2) is 4.79 Å². The molecule has 2 rings (SSSR count). The van der Waals surface area contributed by atoms with Crippen molar-refractivity contribution in [1.82, 2.24) is 4.98 Å². The number of carbonyl (C=O) groups excluding carboxylic acids is 1. The van der Waals surface area contributed by atoms with Crippen LogP contribution in [-0.2, 0) is 11.2 Å². The minimum atomic E-state index is -0.513. The summed E-state index contributed by atoms with van der Waals surface area (Å²) >= 11 is 0. The number of nitrogens with one attached hydrogen (secondary N) is 1. The van der Waals surface area contributed by atoms with Gasteiger partial charge in [-0.05, 0) is 45.2 Å². The van der Waals surface area contributed by atoms with Crippen molar-refractivity contribution in [2.24, 2.45) is 0 Å². The molecule has 2 aromatic rings. The highest BCUT2D eigenvalue weighted by Gasteiger charge is 2.21. The quantitative estimate of drug-likeness (QED) is 0.843. The van der Waals surface area contributed by atoms with Crippen molar-refractivity contribution in [2.75, 3.05) is 6.61 Å². The number of aliphatic hydroxyl groups is 1. The molecular weight excluding hydrogens is 254 g/mol. The van der Waals surface area contributed by atoms with Crippen molar-refractivity contribution in [3.63, 3.8) is 0 Å². The van der Waals surface area contributed by atoms with E-state index in [1.165, 1.54) is 0 Å². The molecule has 20 heavy (non-hydrogen) atoms. The van der Waals surface area contributed by atoms with Crippen LogP contribution in [0, 0.1) is 0 Å². The number of H-pyrrole nitrogens is 1. The summed E-state index contributed by atoms with van der Waals surface area (Å²) in [7, 11) is 0. The number of benzene rings is 1. The molecule has 0 fully saturated rings. The normalized spacial score (nSPS) is 11.8. The number of fused-ring (bicyclic) bond motifs is 1. The number of carbonyl (C=O) groups is 1. The third-order valence-electron chi connectivity index (χ3n) is 3.02. The van der Waals surface area contributed by atoms with Crippen molar-refractivity contribution in [2.45, 2.75) is 39.2 Å². The summed E-state index contributed by atoms with van der Waals surface area (Å²) in [6.45, 7) is 5.70. The van der Waals surface area contributed by atoms with E-state index in [0.29, 0.717) is 12.0 Å². The van der Waals surface area contributed by atoms with Gasteiger partial charge in [-0.3, -0.25) is 0 Å². The van der Waals surface area contributed by atoms with Crippen molar-refractivity contribution >= 4 is 16.9 Å². The van der Waals surface area contributed by atoms with Crippen molar-refractivity contribution in [3.8, 4) is 0 Å². The number of aryl methyl sites for hydroxylation is 1. The maximum atomic E-state index is 12.3. The van der Waals surface area contributed by atoms with E-state index in [1.807, 2.05) is 39.0 Å². The van der Waals surface area contributed by atoms with Crippen LogP contribution in [-0.4, -0.2) is 28.3 Å². The average molecular weight is 275 g/mol. The van der Waals surface area contributed by atoms with Crippen LogP contribution in [0.1, 0.15) is 43.1 Å². The number of ether oxygens (including phenoxy) is 1. The molecule has 4 heteroatoms. The Morgan fingerprint density at radius 1 is 1.35 bits per heavy atom. The maximum Gasteiger partial charge on any atom is 0.340 e. The molecule has 0 aliphatic rings. The Hall–Kier alpha value is -1.81. The zero-order chi connectivity index (χ0) is 14.8. The first-order valence-corrected chi connectivity index (χ1v) is 6.85. The first kappa shape index (κ1) is 14.6. The Kier molecular flexibility index (Phi) is 4.14. The van der Waals surface area contributed by atoms with Gasteiger partial charge in [0.25, 0.3) is 0 Å². The van der Waals surface area contributed by atoms with Crippen molar-refractivity contribution in [1.29, 1.82) is 0 Å². The molecule has 108 valence electrons. The highest BCUT2D eigenvalue weighted by Crippen LogP contribution is 2.25. The summed E-state index contributed by atoms with van der Waals surface area (Å²) in [6.07, 6.45) is 3.11. The molecule has 1 aromatic heterocycles. The largest absolute Gasteiger partial charge is 0.456 e. The Bertz CT molecular complexity index is 608. The second-order valence-electron chi connectivity index (χ2n) is 5.87. The fourth-order valence-corrected chi connectivity index (χ4v) is 2.23. The summed E-state index contributed by atoms with van der Waals surface area (Å²) in [4.78, 5) is 15.4. The predicted octanol–water partition coefficient (Wildman–Crippen LogP) is 3.05. The maximum absolute atomic E-state index is 12.3. The number of hydrogen-bond acceptors (Lipinski definition) is 3. The van der Waals surface area contributed by atoms with Gasteiger partial charge in [0.2, 0.25) is 0 Å². The van der Waals surface area contributed by atoms with Gasteiger partial charge in [0.15, 0.2) is 0 Å². The smallest absolute Gasteiger partial charge is 0.340 e. The molecule has 4 nitrogen and oxygen atoms in total. The minimum Gasteiger partial charge on any atom is -0.456 e. The second-order valence-corrected chi connectivity index (χ2v) is 5.87. The lowest BCUT2D eigenvalue weighted by Gasteiger charge is -2.19. The molecule has 0 bridgehead atoms. The van der Waals surface area contributed by atoms with Crippen LogP contribution >= 0.6 is 0 Å². The third kappa shape index (κ3) is 3.20. The first-order valence-electron chi connectivity index (χ1n) is 6.85. The Morgan fingerprint density at radius 3 is 2.75 bits per heavy atom. The van der Waals surface area contributed by atoms with E-state index in [-0.39, 0.29) is 12.6 Å². The summed E-state index contributed by atoms with van der Waals surface area (Å²) in [5.41, 5.74) is 2.02. The summed E-state index contributed by atoms with van der Waals surface area (Å²) in [5.74, 6) is -0.319. The summed E-state index contributed by atoms with van der Waals surface area (Å²) in [5, 5.41) is 9.88. The molecule has 2 N–H and O–H groups in total. The molecule has 1 heterocycles. The highest BCUT2D eigenvalue weighted by molar-refractivity contribution is 6.05. The molecule has 0 saturated heterocycles. The summed E-state index contributed by atoms with van der Waals surface area (Å²) in [6, 6.07) is 5.87. The molecule has 0 aliphatic heterocycles. The van der Waals surface area contributed by atoms with E-state index in [2.05, 4.69) is 4.98 Å². The Morgan fingerprint density at radius 2 is 2.10 bits per heavy atom. The molecular formula is C16H21NO3. The first-order chi connectivity index (χ1) is 9.42. The fourth-order valence-electron chi connectivity index (χ4n) is 2.23. The van der Waals surface area contributed by atoms with E-state index >= 15 is 0 Å². The van der Waals surface area contributed by atoms with Crippen LogP contribution in [0.15, 0.2) is 24.4 Å². The van der Waals surface area contributed by atoms with Crippen LogP contribution in [0.4, 0.5) is 0 Å². The lowest BCUT2D eigenvalue weighted by Crippen LogP contribution is -2.23. The van der Waals surface area contributed by atoms with Gasteiger partial charge >= 0.3 is 5.97 Å². The standard InChI is InChI=1S/C16H21NO3/c1-16(2,3)20-15(19)12-10-17-13-8-4-6-11(14(12)13)7-5-9-18/h4,6,8,10,17-18H,5,7,9H2,1-3H3. The van der Waals surface area contributed by atoms with E-state index in [1.54, 1.807) is 6.20 Å². The van der Waals surface area contributed by atoms with Crippen LogP contribution in [0.5, 0.6) is 0 Å². The van der Waals surface area contributed by atoms with Crippen molar-refractivity contribution in [3.05, 3.63) is 35.5 Å². The molecule has 0 atom stereocenters. The van der Waals surface area contributed by atoms with Crippen LogP contribution < -0.4 is 0 Å². The Labute approximate surface area is 118 Å². The van der Waals surface area contributed by atoms with Gasteiger partial charge in [0.05, 0.1) is 5.56 Å². The average Bonchev–Trinajstić information content (AvgIpc) is 2.78. The lowest BCUT2D eigenvalue weighted by atomic mass is 10.0. The van der Waals surface area contributed by atoms with Crippen LogP contribution in [0.25, 0.3) is 10.9 Å². The van der Waals surface area contributed by atoms with E-state index < -0.39 is 5.60 Å². The molecule has 0 unspecified atom stereocenters. The van der Waals surface area contributed by atoms with Gasteiger partial charge in [-0.15, -0.1) is 0 Å². The number of aromatic amines is 1. The second kappa shape index (κ2) is 5.67. The van der Waals surface area contributed by atoms with Gasteiger partial charge in [-0.1, -0.05) is 12.1 Å². The van der Waals surface area contributed by atoms with Gasteiger partial charge in [0, 0.05) is 23.7 Å². The van der Waals surface area contributed by atoms with Crippen LogP contribution in [0.3, 0.4) is 0 Å². The highest BCUT2D eigenvalue weighted by atomic mass is 16.6. The van der Waals surface area contributed by atoms with Gasteiger partial charge < -0.3 is 14.8 Å². The number of aliphatic hydroxyl groups excluding tert-OH is 1. The van der Waals surface area contributed by atoms with E-state index in [9.17, 15) is 4.79 Å². The third-order valence-corrected chi connectivity index (χ3v) is 3.02. The molecule has 0 radical (unpaired) electrons. The van der Waals surface area contributed by atoms with E-state index in [4.69, 9.17) is 9.84 Å². The zero-order valence-electron chi connectivity index (χ0n) is 12.2. The fraction of sp³-hybridized carbons (Fsp3) is 0.438. The molecule has 0 spiro atoms. The number of esters is 1. The van der Waals surface area contributed by atoms with Gasteiger partial charge in [-0.2, -0.15) is 0 Å². The Balaban J connectivity index is 2.41. The molecule has 0 aliphatic carbocycles. The molecule has 0 amide bonds. The summed E-state index contributed by atoms with van der Waals surface area (Å²) < 4.78 is 5.44. The molecule has 0 saturated carbocycles. The monoisotopic (exact) mass is 275 g/mol. The number of aromatic nitrogens is 1. The van der Waals surface area contributed by atoms with E-state index in [0.717, 1.165) is 22.9 Å². The predicted molar refractivity (Wildman–Crippen MR) is 78.9 cm³/mol. The van der Waals surface area contributed by atoms with Gasteiger partial charge in [0.1, 0.15) is 5.60 Å². The minimum absolute atomic E-state index is 0.141. The number of hydrogen-bond donors (Lipinski definition) is 2. The zero-order valence-corrected chi connectivity index (χ0v) is 12.2. The topological polar surface area (TPSA) is 62.3 Å². The number of rotatable bonds is 4.